The first-order chi connectivity index (χ1) is 13.1. The summed E-state index contributed by atoms with van der Waals surface area (Å²) >= 11 is 0. The van der Waals surface area contributed by atoms with Gasteiger partial charge in [-0.25, -0.2) is 16.3 Å². The molecule has 2 aromatic rings. The van der Waals surface area contributed by atoms with E-state index in [-0.39, 0.29) is 17.6 Å². The third kappa shape index (κ3) is 4.75. The van der Waals surface area contributed by atoms with Crippen LogP contribution in [0.4, 0.5) is 5.69 Å². The van der Waals surface area contributed by atoms with Crippen LogP contribution < -0.4 is 16.3 Å². The molecule has 140 valence electrons. The maximum Gasteiger partial charge on any atom is 0.270 e. The van der Waals surface area contributed by atoms with Crippen LogP contribution in [0, 0.1) is 10.1 Å². The zero-order valence-corrected chi connectivity index (χ0v) is 14.9. The molecule has 1 heterocycles. The molecule has 3 N–H and O–H groups in total. The Morgan fingerprint density at radius 3 is 2.78 bits per heavy atom. The molecule has 1 aliphatic rings. The third-order valence-corrected chi connectivity index (χ3v) is 4.48. The van der Waals surface area contributed by atoms with Gasteiger partial charge in [0.05, 0.1) is 11.1 Å². The summed E-state index contributed by atoms with van der Waals surface area (Å²) in [5.74, 6) is -0.267. The third-order valence-electron chi connectivity index (χ3n) is 4.48. The van der Waals surface area contributed by atoms with Crippen molar-refractivity contribution < 1.29 is 9.72 Å². The molecule has 0 saturated carbocycles. The minimum Gasteiger partial charge on any atom is -0.271 e. The molecule has 1 aliphatic heterocycles. The summed E-state index contributed by atoms with van der Waals surface area (Å²) in [5.41, 5.74) is 11.5. The lowest BCUT2D eigenvalue weighted by Gasteiger charge is -2.10. The summed E-state index contributed by atoms with van der Waals surface area (Å²) in [6.45, 7) is 2.11. The van der Waals surface area contributed by atoms with Gasteiger partial charge in [-0.05, 0) is 24.0 Å². The predicted molar refractivity (Wildman–Crippen MR) is 102 cm³/mol. The fourth-order valence-corrected chi connectivity index (χ4v) is 2.90. The lowest BCUT2D eigenvalue weighted by atomic mass is 10.00. The van der Waals surface area contributed by atoms with Crippen molar-refractivity contribution in [2.24, 2.45) is 5.10 Å². The van der Waals surface area contributed by atoms with Crippen LogP contribution in [0.5, 0.6) is 0 Å². The Bertz CT molecular complexity index is 851. The van der Waals surface area contributed by atoms with Crippen LogP contribution in [0.3, 0.4) is 0 Å². The minimum atomic E-state index is -0.475. The SMILES string of the molecule is CCc1ccc(C2CC(C(=O)N/N=C/c3cccc([N+](=O)[O-])c3)NN2)cc1. The highest BCUT2D eigenvalue weighted by molar-refractivity contribution is 5.85. The van der Waals surface area contributed by atoms with Crippen LogP contribution in [0.1, 0.15) is 36.1 Å². The Morgan fingerprint density at radius 2 is 2.07 bits per heavy atom. The first kappa shape index (κ1) is 18.7. The number of aryl methyl sites for hydroxylation is 1. The Balaban J connectivity index is 1.54. The van der Waals surface area contributed by atoms with Gasteiger partial charge in [-0.1, -0.05) is 43.3 Å². The average molecular weight is 367 g/mol. The fraction of sp³-hybridized carbons (Fsp3) is 0.263. The van der Waals surface area contributed by atoms with E-state index in [0.29, 0.717) is 12.0 Å². The molecule has 0 aliphatic carbocycles. The van der Waals surface area contributed by atoms with E-state index in [9.17, 15) is 14.9 Å². The van der Waals surface area contributed by atoms with E-state index in [1.165, 1.54) is 23.9 Å². The summed E-state index contributed by atoms with van der Waals surface area (Å²) in [6.07, 6.45) is 2.97. The van der Waals surface area contributed by atoms with E-state index < -0.39 is 11.0 Å². The number of non-ortho nitro benzene ring substituents is 1. The molecule has 3 rings (SSSR count). The topological polar surface area (TPSA) is 109 Å². The van der Waals surface area contributed by atoms with Crippen molar-refractivity contribution in [1.29, 1.82) is 0 Å². The van der Waals surface area contributed by atoms with E-state index >= 15 is 0 Å². The second kappa shape index (κ2) is 8.52. The number of hydrazine groups is 1. The van der Waals surface area contributed by atoms with Crippen molar-refractivity contribution in [3.05, 3.63) is 75.3 Å². The zero-order chi connectivity index (χ0) is 19.2. The monoisotopic (exact) mass is 367 g/mol. The van der Waals surface area contributed by atoms with Gasteiger partial charge in [-0.15, -0.1) is 0 Å². The Labute approximate surface area is 156 Å². The number of nitrogens with zero attached hydrogens (tertiary/aromatic N) is 2. The van der Waals surface area contributed by atoms with Crippen LogP contribution in [-0.4, -0.2) is 23.1 Å². The van der Waals surface area contributed by atoms with Gasteiger partial charge < -0.3 is 0 Å². The van der Waals surface area contributed by atoms with E-state index in [1.807, 2.05) is 0 Å². The minimum absolute atomic E-state index is 0.0242. The summed E-state index contributed by atoms with van der Waals surface area (Å²) in [4.78, 5) is 22.5. The number of hydrogen-bond donors (Lipinski definition) is 3. The van der Waals surface area contributed by atoms with E-state index in [0.717, 1.165) is 12.0 Å². The standard InChI is InChI=1S/C19H21N5O3/c1-2-13-6-8-15(9-7-13)17-11-18(22-21-17)19(25)23-20-12-14-4-3-5-16(10-14)24(26)27/h3-10,12,17-18,21-22H,2,11H2,1H3,(H,23,25)/b20-12+. The van der Waals surface area contributed by atoms with Crippen LogP contribution in [0.25, 0.3) is 0 Å². The smallest absolute Gasteiger partial charge is 0.270 e. The van der Waals surface area contributed by atoms with Crippen molar-refractivity contribution in [1.82, 2.24) is 16.3 Å². The predicted octanol–water partition coefficient (Wildman–Crippen LogP) is 2.22. The lowest BCUT2D eigenvalue weighted by Crippen LogP contribution is -2.41. The number of carbonyl (C=O) groups excluding carboxylic acids is 1. The highest BCUT2D eigenvalue weighted by Crippen LogP contribution is 2.22. The quantitative estimate of drug-likeness (QED) is 0.412. The van der Waals surface area contributed by atoms with Crippen LogP contribution in [0.2, 0.25) is 0 Å². The molecule has 0 spiro atoms. The highest BCUT2D eigenvalue weighted by atomic mass is 16.6. The molecular weight excluding hydrogens is 346 g/mol. The van der Waals surface area contributed by atoms with Crippen LogP contribution in [0.15, 0.2) is 53.6 Å². The summed E-state index contributed by atoms with van der Waals surface area (Å²) < 4.78 is 0. The molecule has 0 radical (unpaired) electrons. The Morgan fingerprint density at radius 1 is 1.30 bits per heavy atom. The molecule has 0 aromatic heterocycles. The number of hydrazone groups is 1. The molecule has 1 fully saturated rings. The maximum absolute atomic E-state index is 12.3. The second-order valence-corrected chi connectivity index (χ2v) is 6.31. The fourth-order valence-electron chi connectivity index (χ4n) is 2.90. The molecule has 1 saturated heterocycles. The van der Waals surface area contributed by atoms with Gasteiger partial charge in [0.1, 0.15) is 6.04 Å². The van der Waals surface area contributed by atoms with Crippen LogP contribution in [-0.2, 0) is 11.2 Å². The normalized spacial score (nSPS) is 19.3. The summed E-state index contributed by atoms with van der Waals surface area (Å²) in [5, 5.41) is 14.7. The number of amides is 1. The molecule has 2 atom stereocenters. The number of nitrogens with one attached hydrogen (secondary N) is 3. The molecular formula is C19H21N5O3. The number of carbonyl (C=O) groups is 1. The van der Waals surface area contributed by atoms with Gasteiger partial charge in [-0.2, -0.15) is 5.10 Å². The van der Waals surface area contributed by atoms with Crippen LogP contribution >= 0.6 is 0 Å². The number of nitro groups is 1. The molecule has 0 bridgehead atoms. The maximum atomic E-state index is 12.3. The lowest BCUT2D eigenvalue weighted by molar-refractivity contribution is -0.384. The summed E-state index contributed by atoms with van der Waals surface area (Å²) in [6, 6.07) is 14.0. The Kier molecular flexibility index (Phi) is 5.90. The molecule has 1 amide bonds. The van der Waals surface area contributed by atoms with Gasteiger partial charge in [0, 0.05) is 23.7 Å². The zero-order valence-electron chi connectivity index (χ0n) is 14.9. The first-order valence-electron chi connectivity index (χ1n) is 8.74. The van der Waals surface area contributed by atoms with Gasteiger partial charge in [-0.3, -0.25) is 14.9 Å². The highest BCUT2D eigenvalue weighted by Gasteiger charge is 2.29. The largest absolute Gasteiger partial charge is 0.271 e. The average Bonchev–Trinajstić information content (AvgIpc) is 3.18. The van der Waals surface area contributed by atoms with Gasteiger partial charge in [0.2, 0.25) is 0 Å². The van der Waals surface area contributed by atoms with E-state index in [4.69, 9.17) is 0 Å². The Hall–Kier alpha value is -3.10. The van der Waals surface area contributed by atoms with E-state index in [2.05, 4.69) is 52.6 Å². The molecule has 27 heavy (non-hydrogen) atoms. The number of nitro benzene ring substituents is 1. The van der Waals surface area contributed by atoms with Gasteiger partial charge in [0.25, 0.3) is 11.6 Å². The first-order valence-corrected chi connectivity index (χ1v) is 8.74. The summed E-state index contributed by atoms with van der Waals surface area (Å²) in [7, 11) is 0. The second-order valence-electron chi connectivity index (χ2n) is 6.31. The van der Waals surface area contributed by atoms with Gasteiger partial charge >= 0.3 is 0 Å². The molecule has 2 aromatic carbocycles. The van der Waals surface area contributed by atoms with Gasteiger partial charge in [0.15, 0.2) is 0 Å². The van der Waals surface area contributed by atoms with Crippen molar-refractivity contribution in [2.75, 3.05) is 0 Å². The van der Waals surface area contributed by atoms with Crippen molar-refractivity contribution in [3.8, 4) is 0 Å². The molecule has 8 nitrogen and oxygen atoms in total. The van der Waals surface area contributed by atoms with Crippen molar-refractivity contribution in [3.63, 3.8) is 0 Å². The molecule has 2 unspecified atom stereocenters. The number of rotatable bonds is 6. The van der Waals surface area contributed by atoms with E-state index in [1.54, 1.807) is 12.1 Å². The van der Waals surface area contributed by atoms with Crippen molar-refractivity contribution >= 4 is 17.8 Å². The van der Waals surface area contributed by atoms with Crippen molar-refractivity contribution in [2.45, 2.75) is 31.8 Å². The number of hydrogen-bond acceptors (Lipinski definition) is 6. The number of benzene rings is 2. The molecule has 8 heteroatoms.